The van der Waals surface area contributed by atoms with Gasteiger partial charge in [-0.25, -0.2) is 4.68 Å². The van der Waals surface area contributed by atoms with Crippen molar-refractivity contribution in [2.24, 2.45) is 0 Å². The fraction of sp³-hybridized carbons (Fsp3) is 0.286. The zero-order chi connectivity index (χ0) is 19.3. The molecule has 2 heterocycles. The van der Waals surface area contributed by atoms with Gasteiger partial charge in [-0.05, 0) is 35.4 Å². The van der Waals surface area contributed by atoms with Crippen LogP contribution in [0.3, 0.4) is 0 Å². The zero-order valence-electron chi connectivity index (χ0n) is 15.7. The summed E-state index contributed by atoms with van der Waals surface area (Å²) in [5, 5.41) is 17.6. The maximum atomic E-state index is 9.04. The number of ether oxygens (including phenoxy) is 2. The van der Waals surface area contributed by atoms with Crippen LogP contribution < -0.4 is 4.74 Å². The van der Waals surface area contributed by atoms with Gasteiger partial charge in [-0.3, -0.25) is 4.90 Å². The first-order valence-electron chi connectivity index (χ1n) is 9.13. The molecule has 0 amide bonds. The van der Waals surface area contributed by atoms with Gasteiger partial charge in [-0.15, -0.1) is 5.10 Å². The molecule has 1 saturated heterocycles. The molecule has 0 spiro atoms. The van der Waals surface area contributed by atoms with Gasteiger partial charge in [-0.1, -0.05) is 29.5 Å². The molecule has 0 bridgehead atoms. The van der Waals surface area contributed by atoms with Crippen LogP contribution in [0.4, 0.5) is 0 Å². The molecule has 0 radical (unpaired) electrons. The molecule has 1 atom stereocenters. The lowest BCUT2D eigenvalue weighted by atomic mass is 10.1. The predicted molar refractivity (Wildman–Crippen MR) is 102 cm³/mol. The molecule has 1 aromatic heterocycles. The van der Waals surface area contributed by atoms with Crippen molar-refractivity contribution in [2.75, 3.05) is 20.3 Å². The van der Waals surface area contributed by atoms with E-state index in [0.717, 1.165) is 30.1 Å². The summed E-state index contributed by atoms with van der Waals surface area (Å²) >= 11 is 0. The Balaban J connectivity index is 1.45. The van der Waals surface area contributed by atoms with Crippen LogP contribution in [0.5, 0.6) is 5.75 Å². The summed E-state index contributed by atoms with van der Waals surface area (Å²) in [5.74, 6) is 0.849. The Morgan fingerprint density at radius 3 is 2.82 bits per heavy atom. The number of nitriles is 1. The van der Waals surface area contributed by atoms with Gasteiger partial charge in [0.25, 0.3) is 0 Å². The van der Waals surface area contributed by atoms with E-state index in [0.29, 0.717) is 18.7 Å². The number of nitrogens with zero attached hydrogens (tertiary/aromatic N) is 5. The summed E-state index contributed by atoms with van der Waals surface area (Å²) in [6.45, 7) is 2.84. The van der Waals surface area contributed by atoms with Gasteiger partial charge in [0.05, 0.1) is 38.1 Å². The average molecular weight is 375 g/mol. The molecule has 0 aliphatic carbocycles. The molecule has 0 N–H and O–H groups in total. The summed E-state index contributed by atoms with van der Waals surface area (Å²) in [6, 6.07) is 17.7. The van der Waals surface area contributed by atoms with Gasteiger partial charge < -0.3 is 9.47 Å². The van der Waals surface area contributed by atoms with E-state index < -0.39 is 0 Å². The fourth-order valence-corrected chi connectivity index (χ4v) is 3.33. The molecule has 4 rings (SSSR count). The highest BCUT2D eigenvalue weighted by Crippen LogP contribution is 2.27. The quantitative estimate of drug-likeness (QED) is 0.659. The standard InChI is InChI=1S/C21H21N5O2/c1-27-19-7-5-16(6-8-19)13-25-9-10-28-21(25)20-15-26(24-23-20)14-18-4-2-3-17(11-18)12-22/h2-8,11,15,21H,9-10,13-14H2,1H3. The third kappa shape index (κ3) is 4.03. The van der Waals surface area contributed by atoms with Crippen LogP contribution in [0.15, 0.2) is 54.7 Å². The average Bonchev–Trinajstić information content (AvgIpc) is 3.38. The Kier molecular flexibility index (Phi) is 5.33. The van der Waals surface area contributed by atoms with E-state index in [2.05, 4.69) is 33.4 Å². The fourth-order valence-electron chi connectivity index (χ4n) is 3.33. The van der Waals surface area contributed by atoms with E-state index in [1.165, 1.54) is 5.56 Å². The normalized spacial score (nSPS) is 16.8. The number of hydrogen-bond donors (Lipinski definition) is 0. The number of aromatic nitrogens is 3. The third-order valence-electron chi connectivity index (χ3n) is 4.74. The summed E-state index contributed by atoms with van der Waals surface area (Å²) in [7, 11) is 1.67. The van der Waals surface area contributed by atoms with Crippen molar-refractivity contribution in [3.8, 4) is 11.8 Å². The molecule has 1 unspecified atom stereocenters. The molecule has 0 saturated carbocycles. The SMILES string of the molecule is COc1ccc(CN2CCOC2c2cn(Cc3cccc(C#N)c3)nn2)cc1. The maximum absolute atomic E-state index is 9.04. The molecule has 1 aliphatic rings. The van der Waals surface area contributed by atoms with Crippen LogP contribution in [0.1, 0.15) is 28.6 Å². The first-order chi connectivity index (χ1) is 13.7. The first-order valence-corrected chi connectivity index (χ1v) is 9.13. The second-order valence-corrected chi connectivity index (χ2v) is 6.69. The third-order valence-corrected chi connectivity index (χ3v) is 4.74. The minimum atomic E-state index is -0.207. The Morgan fingerprint density at radius 1 is 1.18 bits per heavy atom. The van der Waals surface area contributed by atoms with Gasteiger partial charge in [0.2, 0.25) is 0 Å². The Hall–Kier alpha value is -3.21. The Morgan fingerprint density at radius 2 is 2.04 bits per heavy atom. The van der Waals surface area contributed by atoms with Crippen LogP contribution in [0.2, 0.25) is 0 Å². The molecule has 3 aromatic rings. The van der Waals surface area contributed by atoms with E-state index >= 15 is 0 Å². The van der Waals surface area contributed by atoms with Gasteiger partial charge in [0.1, 0.15) is 11.4 Å². The summed E-state index contributed by atoms with van der Waals surface area (Å²) < 4.78 is 12.9. The van der Waals surface area contributed by atoms with Crippen molar-refractivity contribution in [1.82, 2.24) is 19.9 Å². The van der Waals surface area contributed by atoms with Crippen LogP contribution in [0, 0.1) is 11.3 Å². The van der Waals surface area contributed by atoms with Crippen molar-refractivity contribution in [2.45, 2.75) is 19.3 Å². The van der Waals surface area contributed by atoms with Crippen molar-refractivity contribution >= 4 is 0 Å². The van der Waals surface area contributed by atoms with E-state index in [1.807, 2.05) is 36.5 Å². The van der Waals surface area contributed by atoms with Crippen molar-refractivity contribution in [3.63, 3.8) is 0 Å². The molecular formula is C21H21N5O2. The van der Waals surface area contributed by atoms with E-state index in [9.17, 15) is 0 Å². The number of rotatable bonds is 6. The highest BCUT2D eigenvalue weighted by atomic mass is 16.5. The highest BCUT2D eigenvalue weighted by molar-refractivity contribution is 5.32. The lowest BCUT2D eigenvalue weighted by Gasteiger charge is -2.21. The second kappa shape index (κ2) is 8.21. The predicted octanol–water partition coefficient (Wildman–Crippen LogP) is 2.74. The molecular weight excluding hydrogens is 354 g/mol. The minimum Gasteiger partial charge on any atom is -0.497 e. The van der Waals surface area contributed by atoms with Gasteiger partial charge >= 0.3 is 0 Å². The van der Waals surface area contributed by atoms with Crippen LogP contribution in [-0.2, 0) is 17.8 Å². The lowest BCUT2D eigenvalue weighted by Crippen LogP contribution is -2.23. The number of hydrogen-bond acceptors (Lipinski definition) is 6. The summed E-state index contributed by atoms with van der Waals surface area (Å²) in [4.78, 5) is 2.24. The van der Waals surface area contributed by atoms with Crippen LogP contribution >= 0.6 is 0 Å². The molecule has 7 heteroatoms. The number of methoxy groups -OCH3 is 1. The van der Waals surface area contributed by atoms with Gasteiger partial charge in [-0.2, -0.15) is 5.26 Å². The lowest BCUT2D eigenvalue weighted by molar-refractivity contribution is 0.0252. The highest BCUT2D eigenvalue weighted by Gasteiger charge is 2.29. The van der Waals surface area contributed by atoms with Crippen molar-refractivity contribution in [3.05, 3.63) is 77.1 Å². The summed E-state index contributed by atoms with van der Waals surface area (Å²) in [6.07, 6.45) is 1.71. The molecule has 2 aromatic carbocycles. The van der Waals surface area contributed by atoms with Crippen LogP contribution in [-0.4, -0.2) is 40.2 Å². The Bertz CT molecular complexity index is 977. The largest absolute Gasteiger partial charge is 0.497 e. The number of benzene rings is 2. The van der Waals surface area contributed by atoms with Gasteiger partial charge in [0.15, 0.2) is 6.23 Å². The van der Waals surface area contributed by atoms with E-state index in [1.54, 1.807) is 17.9 Å². The second-order valence-electron chi connectivity index (χ2n) is 6.69. The molecule has 1 aliphatic heterocycles. The first kappa shape index (κ1) is 18.2. The Labute approximate surface area is 163 Å². The van der Waals surface area contributed by atoms with Gasteiger partial charge in [0, 0.05) is 13.1 Å². The maximum Gasteiger partial charge on any atom is 0.157 e. The minimum absolute atomic E-state index is 0.207. The van der Waals surface area contributed by atoms with Crippen molar-refractivity contribution in [1.29, 1.82) is 5.26 Å². The smallest absolute Gasteiger partial charge is 0.157 e. The zero-order valence-corrected chi connectivity index (χ0v) is 15.7. The van der Waals surface area contributed by atoms with Crippen LogP contribution in [0.25, 0.3) is 0 Å². The monoisotopic (exact) mass is 375 g/mol. The molecule has 28 heavy (non-hydrogen) atoms. The molecule has 7 nitrogen and oxygen atoms in total. The molecule has 1 fully saturated rings. The topological polar surface area (TPSA) is 76.2 Å². The van der Waals surface area contributed by atoms with E-state index in [4.69, 9.17) is 14.7 Å². The van der Waals surface area contributed by atoms with E-state index in [-0.39, 0.29) is 6.23 Å². The summed E-state index contributed by atoms with van der Waals surface area (Å²) in [5.41, 5.74) is 3.64. The van der Waals surface area contributed by atoms with Crippen molar-refractivity contribution < 1.29 is 9.47 Å². The molecule has 142 valence electrons.